The predicted molar refractivity (Wildman–Crippen MR) is 121 cm³/mol. The second kappa shape index (κ2) is 7.61. The summed E-state index contributed by atoms with van der Waals surface area (Å²) in [5.74, 6) is 1.34. The molecule has 30 heavy (non-hydrogen) atoms. The first kappa shape index (κ1) is 18.3. The first-order chi connectivity index (χ1) is 14.7. The van der Waals surface area contributed by atoms with Gasteiger partial charge >= 0.3 is 0 Å². The van der Waals surface area contributed by atoms with Gasteiger partial charge in [0.05, 0.1) is 41.6 Å². The third kappa shape index (κ3) is 3.19. The monoisotopic (exact) mass is 413 g/mol. The molecule has 0 radical (unpaired) electrons. The van der Waals surface area contributed by atoms with Gasteiger partial charge in [-0.2, -0.15) is 0 Å². The fourth-order valence-electron chi connectivity index (χ4n) is 3.58. The zero-order valence-corrected chi connectivity index (χ0v) is 17.1. The summed E-state index contributed by atoms with van der Waals surface area (Å²) < 4.78 is 7.70. The quantitative estimate of drug-likeness (QED) is 0.445. The SMILES string of the molecule is COc1ccccc1Cn1cnc(-c2ccccc2)c1-c1cc2c(N)ncnc2s1. The maximum absolute atomic E-state index is 6.09. The van der Waals surface area contributed by atoms with Crippen molar-refractivity contribution in [3.8, 4) is 27.6 Å². The average Bonchev–Trinajstić information content (AvgIpc) is 3.39. The number of hydrogen-bond acceptors (Lipinski definition) is 6. The summed E-state index contributed by atoms with van der Waals surface area (Å²) in [6.07, 6.45) is 3.38. The molecule has 0 atom stereocenters. The Morgan fingerprint density at radius 2 is 1.80 bits per heavy atom. The van der Waals surface area contributed by atoms with E-state index >= 15 is 0 Å². The second-order valence-corrected chi connectivity index (χ2v) is 7.87. The summed E-state index contributed by atoms with van der Waals surface area (Å²) in [4.78, 5) is 15.2. The van der Waals surface area contributed by atoms with Crippen molar-refractivity contribution in [2.45, 2.75) is 6.54 Å². The van der Waals surface area contributed by atoms with E-state index < -0.39 is 0 Å². The number of anilines is 1. The van der Waals surface area contributed by atoms with E-state index in [1.165, 1.54) is 6.33 Å². The lowest BCUT2D eigenvalue weighted by Gasteiger charge is -2.12. The molecule has 3 aromatic heterocycles. The van der Waals surface area contributed by atoms with Crippen LogP contribution in [0.25, 0.3) is 32.0 Å². The van der Waals surface area contributed by atoms with Crippen molar-refractivity contribution in [1.29, 1.82) is 0 Å². The molecule has 0 bridgehead atoms. The molecule has 2 N–H and O–H groups in total. The van der Waals surface area contributed by atoms with Crippen molar-refractivity contribution in [3.63, 3.8) is 0 Å². The number of ether oxygens (including phenoxy) is 1. The summed E-state index contributed by atoms with van der Waals surface area (Å²) in [6, 6.07) is 20.3. The van der Waals surface area contributed by atoms with Crippen LogP contribution in [0.4, 0.5) is 5.82 Å². The Bertz CT molecular complexity index is 1330. The molecule has 6 nitrogen and oxygen atoms in total. The molecule has 0 aliphatic rings. The largest absolute Gasteiger partial charge is 0.496 e. The fraction of sp³-hybridized carbons (Fsp3) is 0.0870. The van der Waals surface area contributed by atoms with Crippen LogP contribution in [0, 0.1) is 0 Å². The summed E-state index contributed by atoms with van der Waals surface area (Å²) in [5, 5.41) is 0.863. The number of para-hydroxylation sites is 1. The maximum atomic E-state index is 6.09. The molecular formula is C23H19N5OS. The predicted octanol–water partition coefficient (Wildman–Crippen LogP) is 4.86. The highest BCUT2D eigenvalue weighted by Gasteiger charge is 2.19. The zero-order valence-electron chi connectivity index (χ0n) is 16.3. The van der Waals surface area contributed by atoms with Crippen molar-refractivity contribution < 1.29 is 4.74 Å². The van der Waals surface area contributed by atoms with Crippen LogP contribution < -0.4 is 10.5 Å². The van der Waals surface area contributed by atoms with Crippen molar-refractivity contribution >= 4 is 27.4 Å². The van der Waals surface area contributed by atoms with Crippen LogP contribution in [0.15, 0.2) is 73.3 Å². The van der Waals surface area contributed by atoms with E-state index in [2.05, 4.69) is 38.8 Å². The topological polar surface area (TPSA) is 78.9 Å². The number of nitrogen functional groups attached to an aromatic ring is 1. The molecule has 0 spiro atoms. The number of nitrogens with two attached hydrogens (primary N) is 1. The van der Waals surface area contributed by atoms with Gasteiger partial charge in [0.25, 0.3) is 0 Å². The third-order valence-electron chi connectivity index (χ3n) is 5.01. The highest BCUT2D eigenvalue weighted by molar-refractivity contribution is 7.21. The van der Waals surface area contributed by atoms with Crippen LogP contribution in [-0.4, -0.2) is 26.6 Å². The molecule has 148 valence electrons. The molecule has 0 aliphatic heterocycles. The number of aromatic nitrogens is 4. The van der Waals surface area contributed by atoms with Gasteiger partial charge in [0, 0.05) is 11.1 Å². The zero-order chi connectivity index (χ0) is 20.5. The molecule has 0 saturated heterocycles. The average molecular weight is 414 g/mol. The van der Waals surface area contributed by atoms with Gasteiger partial charge in [0.15, 0.2) is 0 Å². The number of methoxy groups -OCH3 is 1. The Morgan fingerprint density at radius 3 is 2.60 bits per heavy atom. The van der Waals surface area contributed by atoms with Gasteiger partial charge in [-0.15, -0.1) is 11.3 Å². The highest BCUT2D eigenvalue weighted by atomic mass is 32.1. The number of thiophene rings is 1. The van der Waals surface area contributed by atoms with Gasteiger partial charge < -0.3 is 15.0 Å². The normalized spacial score (nSPS) is 11.1. The Balaban J connectivity index is 1.70. The van der Waals surface area contributed by atoms with E-state index in [0.29, 0.717) is 12.4 Å². The van der Waals surface area contributed by atoms with Crippen molar-refractivity contribution in [2.24, 2.45) is 0 Å². The lowest BCUT2D eigenvalue weighted by molar-refractivity contribution is 0.408. The molecule has 5 rings (SSSR count). The van der Waals surface area contributed by atoms with E-state index in [1.54, 1.807) is 18.4 Å². The first-order valence-electron chi connectivity index (χ1n) is 9.47. The number of hydrogen-bond donors (Lipinski definition) is 1. The van der Waals surface area contributed by atoms with Crippen LogP contribution in [0.5, 0.6) is 5.75 Å². The number of fused-ring (bicyclic) bond motifs is 1. The maximum Gasteiger partial charge on any atom is 0.135 e. The summed E-state index contributed by atoms with van der Waals surface area (Å²) in [5.41, 5.74) is 10.2. The van der Waals surface area contributed by atoms with E-state index in [1.807, 2.05) is 42.7 Å². The summed E-state index contributed by atoms with van der Waals surface area (Å²) >= 11 is 1.59. The molecular weight excluding hydrogens is 394 g/mol. The number of benzene rings is 2. The van der Waals surface area contributed by atoms with Crippen LogP contribution in [0.3, 0.4) is 0 Å². The summed E-state index contributed by atoms with van der Waals surface area (Å²) in [6.45, 7) is 0.634. The molecule has 5 aromatic rings. The number of nitrogens with zero attached hydrogens (tertiary/aromatic N) is 4. The van der Waals surface area contributed by atoms with E-state index in [-0.39, 0.29) is 0 Å². The Hall–Kier alpha value is -3.71. The lowest BCUT2D eigenvalue weighted by atomic mass is 10.1. The minimum atomic E-state index is 0.486. The first-order valence-corrected chi connectivity index (χ1v) is 10.3. The van der Waals surface area contributed by atoms with Crippen LogP contribution >= 0.6 is 11.3 Å². The molecule has 0 aliphatic carbocycles. The minimum Gasteiger partial charge on any atom is -0.496 e. The Morgan fingerprint density at radius 1 is 1.00 bits per heavy atom. The van der Waals surface area contributed by atoms with Gasteiger partial charge in [-0.05, 0) is 12.1 Å². The fourth-order valence-corrected chi connectivity index (χ4v) is 4.64. The van der Waals surface area contributed by atoms with Crippen LogP contribution in [-0.2, 0) is 6.54 Å². The van der Waals surface area contributed by atoms with Crippen molar-refractivity contribution in [2.75, 3.05) is 12.8 Å². The van der Waals surface area contributed by atoms with Crippen LogP contribution in [0.1, 0.15) is 5.56 Å². The minimum absolute atomic E-state index is 0.486. The van der Waals surface area contributed by atoms with Gasteiger partial charge in [0.2, 0.25) is 0 Å². The Kier molecular flexibility index (Phi) is 4.65. The van der Waals surface area contributed by atoms with Crippen molar-refractivity contribution in [1.82, 2.24) is 19.5 Å². The molecule has 0 saturated carbocycles. The van der Waals surface area contributed by atoms with E-state index in [4.69, 9.17) is 15.5 Å². The van der Waals surface area contributed by atoms with E-state index in [0.717, 1.165) is 43.4 Å². The number of imidazole rings is 1. The molecule has 7 heteroatoms. The molecule has 0 unspecified atom stereocenters. The molecule has 3 heterocycles. The third-order valence-corrected chi connectivity index (χ3v) is 6.06. The number of rotatable bonds is 5. The second-order valence-electron chi connectivity index (χ2n) is 6.84. The highest BCUT2D eigenvalue weighted by Crippen LogP contribution is 2.39. The molecule has 0 fully saturated rings. The smallest absolute Gasteiger partial charge is 0.135 e. The standard InChI is InChI=1S/C23H19N5OS/c1-29-18-10-6-5-9-16(18)12-28-14-27-20(15-7-3-2-4-8-15)21(28)19-11-17-22(24)25-13-26-23(17)30-19/h2-11,13-14H,12H2,1H3,(H2,24,25,26). The van der Waals surface area contributed by atoms with Crippen molar-refractivity contribution in [3.05, 3.63) is 78.9 Å². The summed E-state index contributed by atoms with van der Waals surface area (Å²) in [7, 11) is 1.69. The van der Waals surface area contributed by atoms with Gasteiger partial charge in [0.1, 0.15) is 22.7 Å². The van der Waals surface area contributed by atoms with Gasteiger partial charge in [-0.1, -0.05) is 48.5 Å². The lowest BCUT2D eigenvalue weighted by Crippen LogP contribution is -2.02. The van der Waals surface area contributed by atoms with Gasteiger partial charge in [-0.3, -0.25) is 0 Å². The molecule has 2 aromatic carbocycles. The molecule has 0 amide bonds. The van der Waals surface area contributed by atoms with Crippen LogP contribution in [0.2, 0.25) is 0 Å². The van der Waals surface area contributed by atoms with Gasteiger partial charge in [-0.25, -0.2) is 15.0 Å². The Labute approximate surface area is 177 Å². The van der Waals surface area contributed by atoms with E-state index in [9.17, 15) is 0 Å².